The van der Waals surface area contributed by atoms with Crippen LogP contribution in [0.1, 0.15) is 18.9 Å². The molecule has 0 aliphatic carbocycles. The summed E-state index contributed by atoms with van der Waals surface area (Å²) in [4.78, 5) is 25.1. The van der Waals surface area contributed by atoms with Crippen LogP contribution in [-0.4, -0.2) is 41.6 Å². The molecular formula is C15H19NO4. The third-order valence-corrected chi connectivity index (χ3v) is 3.83. The van der Waals surface area contributed by atoms with Crippen molar-refractivity contribution < 1.29 is 19.4 Å². The van der Waals surface area contributed by atoms with Crippen LogP contribution in [0.2, 0.25) is 0 Å². The lowest BCUT2D eigenvalue weighted by Gasteiger charge is -2.22. The Morgan fingerprint density at radius 2 is 2.05 bits per heavy atom. The number of carbonyl (C=O) groups excluding carboxylic acids is 1. The number of rotatable bonds is 4. The predicted octanol–water partition coefficient (Wildman–Crippen LogP) is 1.52. The smallest absolute Gasteiger partial charge is 0.320 e. The van der Waals surface area contributed by atoms with Crippen LogP contribution in [0.15, 0.2) is 30.3 Å². The number of carboxylic acid groups (broad SMARTS) is 1. The largest absolute Gasteiger partial charge is 0.480 e. The maximum absolute atomic E-state index is 11.9. The molecule has 0 bridgehead atoms. The van der Waals surface area contributed by atoms with Crippen molar-refractivity contribution in [3.63, 3.8) is 0 Å². The molecule has 1 aliphatic rings. The van der Waals surface area contributed by atoms with Gasteiger partial charge in [-0.25, -0.2) is 0 Å². The van der Waals surface area contributed by atoms with E-state index in [4.69, 9.17) is 4.74 Å². The molecule has 5 nitrogen and oxygen atoms in total. The second-order valence-electron chi connectivity index (χ2n) is 5.50. The number of carbonyl (C=O) groups is 2. The Balaban J connectivity index is 2.18. The van der Waals surface area contributed by atoms with Gasteiger partial charge in [0.1, 0.15) is 6.04 Å². The number of methoxy groups -OCH3 is 1. The lowest BCUT2D eigenvalue weighted by atomic mass is 9.88. The van der Waals surface area contributed by atoms with E-state index in [0.717, 1.165) is 5.56 Å². The summed E-state index contributed by atoms with van der Waals surface area (Å²) in [5.41, 5.74) is 0.278. The number of esters is 1. The van der Waals surface area contributed by atoms with Crippen molar-refractivity contribution in [3.05, 3.63) is 35.9 Å². The first kappa shape index (κ1) is 14.5. The van der Waals surface area contributed by atoms with E-state index < -0.39 is 17.4 Å². The van der Waals surface area contributed by atoms with Gasteiger partial charge < -0.3 is 9.84 Å². The zero-order valence-corrected chi connectivity index (χ0v) is 11.7. The summed E-state index contributed by atoms with van der Waals surface area (Å²) in [5.74, 6) is -1.24. The van der Waals surface area contributed by atoms with E-state index in [1.807, 2.05) is 35.2 Å². The maximum Gasteiger partial charge on any atom is 0.320 e. The van der Waals surface area contributed by atoms with Crippen molar-refractivity contribution in [3.8, 4) is 0 Å². The number of nitrogens with zero attached hydrogens (tertiary/aromatic N) is 1. The molecule has 1 aliphatic heterocycles. The molecule has 0 saturated carbocycles. The van der Waals surface area contributed by atoms with Crippen LogP contribution in [0.3, 0.4) is 0 Å². The Morgan fingerprint density at radius 1 is 1.40 bits per heavy atom. The quantitative estimate of drug-likeness (QED) is 0.845. The Bertz CT molecular complexity index is 502. The van der Waals surface area contributed by atoms with Gasteiger partial charge >= 0.3 is 11.9 Å². The van der Waals surface area contributed by atoms with Gasteiger partial charge in [0.2, 0.25) is 0 Å². The Labute approximate surface area is 118 Å². The molecule has 2 atom stereocenters. The molecule has 1 saturated heterocycles. The van der Waals surface area contributed by atoms with E-state index in [1.165, 1.54) is 7.11 Å². The summed E-state index contributed by atoms with van der Waals surface area (Å²) in [5, 5.41) is 9.35. The van der Waals surface area contributed by atoms with Crippen LogP contribution in [0.4, 0.5) is 0 Å². The van der Waals surface area contributed by atoms with E-state index >= 15 is 0 Å². The molecule has 1 unspecified atom stereocenters. The molecule has 108 valence electrons. The van der Waals surface area contributed by atoms with Crippen LogP contribution in [0.25, 0.3) is 0 Å². The topological polar surface area (TPSA) is 66.8 Å². The molecule has 1 aromatic rings. The fourth-order valence-electron chi connectivity index (χ4n) is 2.80. The highest BCUT2D eigenvalue weighted by Crippen LogP contribution is 2.36. The third kappa shape index (κ3) is 2.82. The zero-order valence-electron chi connectivity index (χ0n) is 11.7. The highest BCUT2D eigenvalue weighted by molar-refractivity contribution is 5.81. The summed E-state index contributed by atoms with van der Waals surface area (Å²) >= 11 is 0. The number of hydrogen-bond donors (Lipinski definition) is 1. The van der Waals surface area contributed by atoms with Crippen LogP contribution in [-0.2, 0) is 20.9 Å². The minimum Gasteiger partial charge on any atom is -0.480 e. The fourth-order valence-corrected chi connectivity index (χ4v) is 2.80. The van der Waals surface area contributed by atoms with Crippen molar-refractivity contribution in [1.29, 1.82) is 0 Å². The van der Waals surface area contributed by atoms with E-state index in [0.29, 0.717) is 13.1 Å². The Hall–Kier alpha value is -1.88. The summed E-state index contributed by atoms with van der Waals surface area (Å²) in [6.07, 6.45) is 0.280. The summed E-state index contributed by atoms with van der Waals surface area (Å²) in [6.45, 7) is 2.68. The first-order valence-electron chi connectivity index (χ1n) is 6.55. The average molecular weight is 277 g/mol. The standard InChI is InChI=1S/C15H19NO4/c1-15(14(19)20-2)8-12(13(17)18)16(10-15)9-11-6-4-3-5-7-11/h3-7,12H,8-10H2,1-2H3,(H,17,18)/t12-,15?/m0/s1. The third-order valence-electron chi connectivity index (χ3n) is 3.83. The molecular weight excluding hydrogens is 258 g/mol. The van der Waals surface area contributed by atoms with Gasteiger partial charge in [0.15, 0.2) is 0 Å². The number of ether oxygens (including phenoxy) is 1. The van der Waals surface area contributed by atoms with Crippen molar-refractivity contribution >= 4 is 11.9 Å². The number of carboxylic acids is 1. The molecule has 0 aromatic heterocycles. The minimum atomic E-state index is -0.895. The van der Waals surface area contributed by atoms with Crippen LogP contribution >= 0.6 is 0 Å². The SMILES string of the molecule is COC(=O)C1(C)C[C@@H](C(=O)O)N(Cc2ccccc2)C1. The Morgan fingerprint density at radius 3 is 2.60 bits per heavy atom. The highest BCUT2D eigenvalue weighted by Gasteiger charge is 2.49. The van der Waals surface area contributed by atoms with Crippen LogP contribution in [0, 0.1) is 5.41 Å². The molecule has 2 rings (SSSR count). The van der Waals surface area contributed by atoms with Gasteiger partial charge in [-0.15, -0.1) is 0 Å². The lowest BCUT2D eigenvalue weighted by Crippen LogP contribution is -2.36. The van der Waals surface area contributed by atoms with Crippen molar-refractivity contribution in [1.82, 2.24) is 4.90 Å². The van der Waals surface area contributed by atoms with Crippen molar-refractivity contribution in [2.24, 2.45) is 5.41 Å². The van der Waals surface area contributed by atoms with Gasteiger partial charge in [-0.1, -0.05) is 30.3 Å². The normalized spacial score (nSPS) is 26.4. The van der Waals surface area contributed by atoms with E-state index in [1.54, 1.807) is 6.92 Å². The van der Waals surface area contributed by atoms with E-state index in [-0.39, 0.29) is 12.4 Å². The molecule has 0 radical (unpaired) electrons. The minimum absolute atomic E-state index is 0.280. The molecule has 5 heteroatoms. The van der Waals surface area contributed by atoms with Crippen molar-refractivity contribution in [2.75, 3.05) is 13.7 Å². The van der Waals surface area contributed by atoms with Gasteiger partial charge in [-0.05, 0) is 18.9 Å². The second-order valence-corrected chi connectivity index (χ2v) is 5.50. The highest BCUT2D eigenvalue weighted by atomic mass is 16.5. The zero-order chi connectivity index (χ0) is 14.8. The Kier molecular flexibility index (Phi) is 4.09. The van der Waals surface area contributed by atoms with Gasteiger partial charge in [-0.3, -0.25) is 14.5 Å². The average Bonchev–Trinajstić information content (AvgIpc) is 2.77. The second kappa shape index (κ2) is 5.63. The van der Waals surface area contributed by atoms with E-state index in [2.05, 4.69) is 0 Å². The molecule has 1 N–H and O–H groups in total. The van der Waals surface area contributed by atoms with Gasteiger partial charge in [-0.2, -0.15) is 0 Å². The molecule has 1 heterocycles. The number of hydrogen-bond acceptors (Lipinski definition) is 4. The van der Waals surface area contributed by atoms with Crippen molar-refractivity contribution in [2.45, 2.75) is 25.9 Å². The number of benzene rings is 1. The summed E-state index contributed by atoms with van der Waals surface area (Å²) in [7, 11) is 1.34. The number of likely N-dealkylation sites (tertiary alicyclic amines) is 1. The monoisotopic (exact) mass is 277 g/mol. The van der Waals surface area contributed by atoms with Gasteiger partial charge in [0.05, 0.1) is 12.5 Å². The number of aliphatic carboxylic acids is 1. The molecule has 1 aromatic carbocycles. The molecule has 0 spiro atoms. The first-order chi connectivity index (χ1) is 9.46. The molecule has 20 heavy (non-hydrogen) atoms. The van der Waals surface area contributed by atoms with Crippen LogP contribution < -0.4 is 0 Å². The molecule has 1 fully saturated rings. The predicted molar refractivity (Wildman–Crippen MR) is 73.0 cm³/mol. The van der Waals surface area contributed by atoms with Gasteiger partial charge in [0.25, 0.3) is 0 Å². The lowest BCUT2D eigenvalue weighted by molar-refractivity contribution is -0.151. The summed E-state index contributed by atoms with van der Waals surface area (Å²) < 4.78 is 4.81. The first-order valence-corrected chi connectivity index (χ1v) is 6.55. The molecule has 0 amide bonds. The summed E-state index contributed by atoms with van der Waals surface area (Å²) in [6, 6.07) is 9.00. The fraction of sp³-hybridized carbons (Fsp3) is 0.467. The van der Waals surface area contributed by atoms with Crippen LogP contribution in [0.5, 0.6) is 0 Å². The maximum atomic E-state index is 11.9. The van der Waals surface area contributed by atoms with Gasteiger partial charge in [0, 0.05) is 13.1 Å². The van der Waals surface area contributed by atoms with E-state index in [9.17, 15) is 14.7 Å².